The number of aromatic nitrogens is 2. The van der Waals surface area contributed by atoms with Crippen molar-refractivity contribution < 1.29 is 9.47 Å². The van der Waals surface area contributed by atoms with Crippen molar-refractivity contribution in [3.63, 3.8) is 0 Å². The van der Waals surface area contributed by atoms with Crippen LogP contribution in [0.5, 0.6) is 0 Å². The van der Waals surface area contributed by atoms with Crippen LogP contribution in [0.25, 0.3) is 0 Å². The minimum atomic E-state index is 0.00125. The van der Waals surface area contributed by atoms with Gasteiger partial charge in [-0.15, -0.1) is 0 Å². The van der Waals surface area contributed by atoms with Crippen molar-refractivity contribution in [3.8, 4) is 0 Å². The Hall–Kier alpha value is -1.16. The summed E-state index contributed by atoms with van der Waals surface area (Å²) in [5.41, 5.74) is 1.96. The van der Waals surface area contributed by atoms with Gasteiger partial charge in [0.2, 0.25) is 5.69 Å². The fraction of sp³-hybridized carbons (Fsp3) is 0.692. The second-order valence-corrected chi connectivity index (χ2v) is 6.03. The number of fused-ring (bicyclic) bond motifs is 5. The lowest BCUT2D eigenvalue weighted by atomic mass is 9.87. The predicted octanol–water partition coefficient (Wildman–Crippen LogP) is 1.48. The number of ether oxygens (including phenoxy) is 1. The Morgan fingerprint density at radius 2 is 2.12 bits per heavy atom. The number of rotatable bonds is 1. The van der Waals surface area contributed by atoms with Crippen molar-refractivity contribution in [1.82, 2.24) is 4.98 Å². The molecule has 90 valence electrons. The molecule has 3 aliphatic rings. The largest absolute Gasteiger partial charge is 0.618 e. The van der Waals surface area contributed by atoms with E-state index < -0.39 is 0 Å². The van der Waals surface area contributed by atoms with Crippen LogP contribution in [-0.2, 0) is 4.74 Å². The van der Waals surface area contributed by atoms with Gasteiger partial charge in [0.25, 0.3) is 0 Å². The Kier molecular flexibility index (Phi) is 1.62. The van der Waals surface area contributed by atoms with Crippen molar-refractivity contribution in [2.24, 2.45) is 5.92 Å². The summed E-state index contributed by atoms with van der Waals surface area (Å²) >= 11 is 0. The van der Waals surface area contributed by atoms with Crippen molar-refractivity contribution in [2.45, 2.75) is 50.2 Å². The highest BCUT2D eigenvalue weighted by molar-refractivity contribution is 5.33. The van der Waals surface area contributed by atoms with Crippen LogP contribution in [0.2, 0.25) is 0 Å². The molecule has 1 aliphatic heterocycles. The Labute approximate surface area is 100 Å². The number of nitrogens with zero attached hydrogens (tertiary/aromatic N) is 2. The molecule has 2 bridgehead atoms. The topological polar surface area (TPSA) is 52.4 Å². The molecule has 0 amide bonds. The highest BCUT2D eigenvalue weighted by Crippen LogP contribution is 2.62. The first-order valence-electron chi connectivity index (χ1n) is 6.35. The van der Waals surface area contributed by atoms with Crippen LogP contribution in [0.15, 0.2) is 12.4 Å². The van der Waals surface area contributed by atoms with Gasteiger partial charge in [0.15, 0.2) is 6.20 Å². The molecule has 0 aromatic carbocycles. The van der Waals surface area contributed by atoms with E-state index in [9.17, 15) is 5.21 Å². The van der Waals surface area contributed by atoms with Crippen LogP contribution >= 0.6 is 0 Å². The maximum absolute atomic E-state index is 11.9. The molecule has 17 heavy (non-hydrogen) atoms. The third kappa shape index (κ3) is 1.12. The Bertz CT molecular complexity index is 500. The van der Waals surface area contributed by atoms with Crippen LogP contribution in [0.3, 0.4) is 0 Å². The van der Waals surface area contributed by atoms with E-state index in [1.807, 2.05) is 0 Å². The van der Waals surface area contributed by atoms with E-state index in [0.717, 1.165) is 29.0 Å². The standard InChI is InChI=1S/C13H16N2O2/c1-13(2)12(17-13)9-7-3-4-8(9)11-10(7)14-5-6-15(11)16/h5-9,12H,3-4H2,1-2H3/t7-,8+,9?,12?/m0/s1. The molecule has 2 fully saturated rings. The van der Waals surface area contributed by atoms with E-state index in [-0.39, 0.29) is 5.60 Å². The van der Waals surface area contributed by atoms with E-state index in [4.69, 9.17) is 4.74 Å². The molecule has 1 saturated heterocycles. The summed E-state index contributed by atoms with van der Waals surface area (Å²) in [5.74, 6) is 1.30. The Morgan fingerprint density at radius 1 is 1.41 bits per heavy atom. The number of hydrogen-bond acceptors (Lipinski definition) is 3. The molecule has 0 spiro atoms. The van der Waals surface area contributed by atoms with E-state index >= 15 is 0 Å². The zero-order chi connectivity index (χ0) is 11.8. The average Bonchev–Trinajstić information content (AvgIpc) is 2.69. The van der Waals surface area contributed by atoms with Gasteiger partial charge in [-0.2, -0.15) is 4.73 Å². The summed E-state index contributed by atoms with van der Waals surface area (Å²) in [5, 5.41) is 11.9. The summed E-state index contributed by atoms with van der Waals surface area (Å²) in [6, 6.07) is 0. The first kappa shape index (κ1) is 9.83. The van der Waals surface area contributed by atoms with Gasteiger partial charge in [-0.3, -0.25) is 0 Å². The zero-order valence-corrected chi connectivity index (χ0v) is 10.1. The lowest BCUT2D eigenvalue weighted by Gasteiger charge is -2.12. The van der Waals surface area contributed by atoms with Gasteiger partial charge < -0.3 is 9.94 Å². The fourth-order valence-electron chi connectivity index (χ4n) is 3.99. The third-order valence-corrected chi connectivity index (χ3v) is 4.74. The summed E-state index contributed by atoms with van der Waals surface area (Å²) in [4.78, 5) is 4.43. The van der Waals surface area contributed by atoms with Gasteiger partial charge in [-0.1, -0.05) is 0 Å². The van der Waals surface area contributed by atoms with Gasteiger partial charge in [0, 0.05) is 11.8 Å². The molecule has 0 radical (unpaired) electrons. The van der Waals surface area contributed by atoms with Crippen LogP contribution in [-0.4, -0.2) is 16.7 Å². The van der Waals surface area contributed by atoms with Gasteiger partial charge in [0.1, 0.15) is 5.69 Å². The average molecular weight is 232 g/mol. The molecule has 4 rings (SSSR count). The molecular weight excluding hydrogens is 216 g/mol. The quantitative estimate of drug-likeness (QED) is 0.418. The second-order valence-electron chi connectivity index (χ2n) is 6.03. The molecular formula is C13H16N2O2. The minimum Gasteiger partial charge on any atom is -0.618 e. The highest BCUT2D eigenvalue weighted by Gasteiger charge is 2.64. The summed E-state index contributed by atoms with van der Waals surface area (Å²) < 4.78 is 6.82. The highest BCUT2D eigenvalue weighted by atomic mass is 16.6. The van der Waals surface area contributed by atoms with E-state index in [1.165, 1.54) is 6.20 Å². The van der Waals surface area contributed by atoms with Crippen molar-refractivity contribution in [3.05, 3.63) is 29.0 Å². The first-order valence-corrected chi connectivity index (χ1v) is 6.35. The molecule has 1 aromatic heterocycles. The lowest BCUT2D eigenvalue weighted by molar-refractivity contribution is -0.616. The third-order valence-electron chi connectivity index (χ3n) is 4.74. The second kappa shape index (κ2) is 2.80. The SMILES string of the molecule is CC1(C)OC1C1[C@@H]2CC[C@H]1c1c2ncc[n+]1[O-]. The Balaban J connectivity index is 1.79. The van der Waals surface area contributed by atoms with Crippen LogP contribution in [0.4, 0.5) is 0 Å². The van der Waals surface area contributed by atoms with E-state index in [1.54, 1.807) is 6.20 Å². The summed E-state index contributed by atoms with van der Waals surface area (Å²) in [6.07, 6.45) is 5.74. The first-order chi connectivity index (χ1) is 8.09. The molecule has 4 atom stereocenters. The van der Waals surface area contributed by atoms with Gasteiger partial charge in [0.05, 0.1) is 23.8 Å². The van der Waals surface area contributed by atoms with Crippen molar-refractivity contribution in [1.29, 1.82) is 0 Å². The molecule has 1 aromatic rings. The van der Waals surface area contributed by atoms with Crippen molar-refractivity contribution in [2.75, 3.05) is 0 Å². The zero-order valence-electron chi connectivity index (χ0n) is 10.1. The summed E-state index contributed by atoms with van der Waals surface area (Å²) in [7, 11) is 0. The molecule has 0 N–H and O–H groups in total. The fourth-order valence-corrected chi connectivity index (χ4v) is 3.99. The molecule has 2 aliphatic carbocycles. The molecule has 4 nitrogen and oxygen atoms in total. The minimum absolute atomic E-state index is 0.00125. The van der Waals surface area contributed by atoms with Gasteiger partial charge in [-0.05, 0) is 26.7 Å². The van der Waals surface area contributed by atoms with Gasteiger partial charge >= 0.3 is 0 Å². The number of hydrogen-bond donors (Lipinski definition) is 0. The predicted molar refractivity (Wildman–Crippen MR) is 60.4 cm³/mol. The maximum atomic E-state index is 11.9. The van der Waals surface area contributed by atoms with Crippen molar-refractivity contribution >= 4 is 0 Å². The lowest BCUT2D eigenvalue weighted by Crippen LogP contribution is -2.34. The molecule has 2 unspecified atom stereocenters. The summed E-state index contributed by atoms with van der Waals surface area (Å²) in [6.45, 7) is 4.28. The smallest absolute Gasteiger partial charge is 0.218 e. The Morgan fingerprint density at radius 3 is 2.76 bits per heavy atom. The number of epoxide rings is 1. The molecule has 2 heterocycles. The van der Waals surface area contributed by atoms with Crippen LogP contribution in [0, 0.1) is 11.1 Å². The van der Waals surface area contributed by atoms with Crippen LogP contribution in [0.1, 0.15) is 49.9 Å². The van der Waals surface area contributed by atoms with E-state index in [2.05, 4.69) is 18.8 Å². The maximum Gasteiger partial charge on any atom is 0.218 e. The monoisotopic (exact) mass is 232 g/mol. The van der Waals surface area contributed by atoms with E-state index in [0.29, 0.717) is 23.9 Å². The normalized spacial score (nSPS) is 40.4. The van der Waals surface area contributed by atoms with Crippen LogP contribution < -0.4 is 4.73 Å². The van der Waals surface area contributed by atoms with Gasteiger partial charge in [-0.25, -0.2) is 4.98 Å². The molecule has 4 heteroatoms. The molecule has 1 saturated carbocycles.